The third-order valence-electron chi connectivity index (χ3n) is 1.90. The minimum atomic E-state index is -0.0185. The van der Waals surface area contributed by atoms with Gasteiger partial charge in [0.15, 0.2) is 6.29 Å². The van der Waals surface area contributed by atoms with Crippen molar-refractivity contribution >= 4 is 0 Å². The fourth-order valence-electron chi connectivity index (χ4n) is 1.15. The molecule has 0 spiro atoms. The van der Waals surface area contributed by atoms with Crippen LogP contribution in [0.5, 0.6) is 0 Å². The van der Waals surface area contributed by atoms with Crippen LogP contribution in [-0.2, 0) is 9.47 Å². The minimum absolute atomic E-state index is 0.0185. The lowest BCUT2D eigenvalue weighted by Gasteiger charge is -2.21. The fraction of sp³-hybridized carbons (Fsp3) is 1.00. The Morgan fingerprint density at radius 3 is 1.50 bits per heavy atom. The maximum absolute atomic E-state index is 5.12. The lowest BCUT2D eigenvalue weighted by atomic mass is 10.0. The zero-order valence-corrected chi connectivity index (χ0v) is 7.39. The third-order valence-corrected chi connectivity index (χ3v) is 1.90. The highest BCUT2D eigenvalue weighted by molar-refractivity contribution is 4.57. The first-order valence-corrected chi connectivity index (χ1v) is 3.85. The second kappa shape index (κ2) is 5.69. The van der Waals surface area contributed by atoms with Crippen molar-refractivity contribution in [3.05, 3.63) is 0 Å². The van der Waals surface area contributed by atoms with Crippen molar-refractivity contribution in [2.24, 2.45) is 5.92 Å². The van der Waals surface area contributed by atoms with Crippen molar-refractivity contribution in [2.75, 3.05) is 14.2 Å². The minimum Gasteiger partial charge on any atom is -0.356 e. The SMILES string of the molecule is CCC(CC)C(OC)OC. The summed E-state index contributed by atoms with van der Waals surface area (Å²) in [5.74, 6) is 0.537. The molecule has 0 heterocycles. The molecule has 0 bridgehead atoms. The Morgan fingerprint density at radius 1 is 1.00 bits per heavy atom. The van der Waals surface area contributed by atoms with Crippen LogP contribution in [0.15, 0.2) is 0 Å². The molecule has 0 aromatic rings. The number of hydrogen-bond acceptors (Lipinski definition) is 2. The zero-order chi connectivity index (χ0) is 7.98. The molecule has 0 aromatic carbocycles. The van der Waals surface area contributed by atoms with Crippen LogP contribution < -0.4 is 0 Å². The third kappa shape index (κ3) is 2.67. The largest absolute Gasteiger partial charge is 0.356 e. The van der Waals surface area contributed by atoms with E-state index in [1.807, 2.05) is 0 Å². The first-order chi connectivity index (χ1) is 4.79. The van der Waals surface area contributed by atoms with Gasteiger partial charge in [-0.05, 0) is 12.8 Å². The highest BCUT2D eigenvalue weighted by Gasteiger charge is 2.15. The molecule has 10 heavy (non-hydrogen) atoms. The van der Waals surface area contributed by atoms with Crippen molar-refractivity contribution in [3.63, 3.8) is 0 Å². The molecule has 0 saturated heterocycles. The first-order valence-electron chi connectivity index (χ1n) is 3.85. The quantitative estimate of drug-likeness (QED) is 0.552. The Morgan fingerprint density at radius 2 is 1.40 bits per heavy atom. The molecular weight excluding hydrogens is 128 g/mol. The molecule has 0 atom stereocenters. The topological polar surface area (TPSA) is 18.5 Å². The molecule has 62 valence electrons. The van der Waals surface area contributed by atoms with E-state index in [-0.39, 0.29) is 6.29 Å². The van der Waals surface area contributed by atoms with Crippen LogP contribution in [0.4, 0.5) is 0 Å². The van der Waals surface area contributed by atoms with E-state index in [9.17, 15) is 0 Å². The zero-order valence-electron chi connectivity index (χ0n) is 7.39. The van der Waals surface area contributed by atoms with Crippen LogP contribution in [0.25, 0.3) is 0 Å². The van der Waals surface area contributed by atoms with E-state index in [2.05, 4.69) is 13.8 Å². The summed E-state index contributed by atoms with van der Waals surface area (Å²) >= 11 is 0. The maximum Gasteiger partial charge on any atom is 0.159 e. The van der Waals surface area contributed by atoms with E-state index in [0.29, 0.717) is 5.92 Å². The van der Waals surface area contributed by atoms with Gasteiger partial charge in [0.1, 0.15) is 0 Å². The summed E-state index contributed by atoms with van der Waals surface area (Å²) in [6, 6.07) is 0. The predicted molar refractivity (Wildman–Crippen MR) is 41.9 cm³/mol. The summed E-state index contributed by atoms with van der Waals surface area (Å²) in [5, 5.41) is 0. The van der Waals surface area contributed by atoms with E-state index >= 15 is 0 Å². The molecule has 0 aliphatic heterocycles. The monoisotopic (exact) mass is 146 g/mol. The predicted octanol–water partition coefficient (Wildman–Crippen LogP) is 2.04. The van der Waals surface area contributed by atoms with E-state index < -0.39 is 0 Å². The van der Waals surface area contributed by atoms with Crippen molar-refractivity contribution in [1.82, 2.24) is 0 Å². The smallest absolute Gasteiger partial charge is 0.159 e. The van der Waals surface area contributed by atoms with Crippen molar-refractivity contribution in [3.8, 4) is 0 Å². The second-order valence-electron chi connectivity index (χ2n) is 2.42. The van der Waals surface area contributed by atoms with Crippen LogP contribution in [-0.4, -0.2) is 20.5 Å². The molecule has 0 N–H and O–H groups in total. The van der Waals surface area contributed by atoms with Gasteiger partial charge in [0.05, 0.1) is 0 Å². The van der Waals surface area contributed by atoms with E-state index in [1.54, 1.807) is 14.2 Å². The van der Waals surface area contributed by atoms with Gasteiger partial charge in [-0.25, -0.2) is 0 Å². The van der Waals surface area contributed by atoms with Gasteiger partial charge >= 0.3 is 0 Å². The van der Waals surface area contributed by atoms with E-state index in [0.717, 1.165) is 12.8 Å². The summed E-state index contributed by atoms with van der Waals surface area (Å²) in [6.07, 6.45) is 2.21. The van der Waals surface area contributed by atoms with Gasteiger partial charge in [0.2, 0.25) is 0 Å². The van der Waals surface area contributed by atoms with Gasteiger partial charge in [-0.15, -0.1) is 0 Å². The van der Waals surface area contributed by atoms with Crippen LogP contribution in [0.3, 0.4) is 0 Å². The Kier molecular flexibility index (Phi) is 5.64. The average Bonchev–Trinajstić information content (AvgIpc) is 2.00. The molecule has 0 fully saturated rings. The number of ether oxygens (including phenoxy) is 2. The van der Waals surface area contributed by atoms with Crippen molar-refractivity contribution < 1.29 is 9.47 Å². The Bertz CT molecular complexity index is 55.7. The van der Waals surface area contributed by atoms with Gasteiger partial charge in [-0.2, -0.15) is 0 Å². The van der Waals surface area contributed by atoms with Crippen molar-refractivity contribution in [1.29, 1.82) is 0 Å². The molecule has 2 nitrogen and oxygen atoms in total. The Labute approximate surface area is 63.5 Å². The van der Waals surface area contributed by atoms with Gasteiger partial charge in [-0.3, -0.25) is 0 Å². The molecular formula is C8H18O2. The van der Waals surface area contributed by atoms with Gasteiger partial charge in [-0.1, -0.05) is 13.8 Å². The first kappa shape index (κ1) is 9.92. The summed E-state index contributed by atoms with van der Waals surface area (Å²) in [7, 11) is 3.37. The summed E-state index contributed by atoms with van der Waals surface area (Å²) in [4.78, 5) is 0. The summed E-state index contributed by atoms with van der Waals surface area (Å²) < 4.78 is 10.2. The molecule has 0 aliphatic carbocycles. The average molecular weight is 146 g/mol. The standard InChI is InChI=1S/C8H18O2/c1-5-7(6-2)8(9-3)10-4/h7-8H,5-6H2,1-4H3. The van der Waals surface area contributed by atoms with E-state index in [4.69, 9.17) is 9.47 Å². The van der Waals surface area contributed by atoms with Gasteiger partial charge in [0, 0.05) is 20.1 Å². The van der Waals surface area contributed by atoms with Gasteiger partial charge < -0.3 is 9.47 Å². The molecule has 0 unspecified atom stereocenters. The molecule has 0 saturated carbocycles. The molecule has 0 aliphatic rings. The normalized spacial score (nSPS) is 11.4. The van der Waals surface area contributed by atoms with Crippen LogP contribution in [0.2, 0.25) is 0 Å². The van der Waals surface area contributed by atoms with Gasteiger partial charge in [0.25, 0.3) is 0 Å². The molecule has 0 aromatic heterocycles. The molecule has 0 rings (SSSR count). The number of methoxy groups -OCH3 is 2. The molecule has 0 amide bonds. The molecule has 2 heteroatoms. The van der Waals surface area contributed by atoms with Crippen LogP contribution in [0, 0.1) is 5.92 Å². The maximum atomic E-state index is 5.12. The Balaban J connectivity index is 3.70. The second-order valence-corrected chi connectivity index (χ2v) is 2.42. The Hall–Kier alpha value is -0.0800. The fourth-order valence-corrected chi connectivity index (χ4v) is 1.15. The van der Waals surface area contributed by atoms with Crippen LogP contribution in [0.1, 0.15) is 26.7 Å². The highest BCUT2D eigenvalue weighted by atomic mass is 16.7. The lowest BCUT2D eigenvalue weighted by Crippen LogP contribution is -2.23. The molecule has 0 radical (unpaired) electrons. The summed E-state index contributed by atoms with van der Waals surface area (Å²) in [5.41, 5.74) is 0. The number of rotatable bonds is 5. The highest BCUT2D eigenvalue weighted by Crippen LogP contribution is 2.15. The lowest BCUT2D eigenvalue weighted by molar-refractivity contribution is -0.138. The number of hydrogen-bond donors (Lipinski definition) is 0. The van der Waals surface area contributed by atoms with Crippen LogP contribution >= 0.6 is 0 Å². The van der Waals surface area contributed by atoms with Crippen molar-refractivity contribution in [2.45, 2.75) is 33.0 Å². The van der Waals surface area contributed by atoms with E-state index in [1.165, 1.54) is 0 Å². The summed E-state index contributed by atoms with van der Waals surface area (Å²) in [6.45, 7) is 4.30.